The second kappa shape index (κ2) is 3.94. The third-order valence-corrected chi connectivity index (χ3v) is 1.47. The molecule has 0 aromatic carbocycles. The molecule has 0 aromatic rings. The molecule has 0 saturated heterocycles. The minimum absolute atomic E-state index is 0.101. The van der Waals surface area contributed by atoms with E-state index in [9.17, 15) is 4.79 Å². The van der Waals surface area contributed by atoms with Crippen molar-refractivity contribution in [3.63, 3.8) is 0 Å². The van der Waals surface area contributed by atoms with Crippen LogP contribution in [0, 0.1) is 0 Å². The van der Waals surface area contributed by atoms with Crippen LogP contribution in [0.25, 0.3) is 0 Å². The zero-order valence-corrected chi connectivity index (χ0v) is 7.83. The average Bonchev–Trinajstić information content (AvgIpc) is 2.03. The van der Waals surface area contributed by atoms with Crippen LogP contribution in [0.15, 0.2) is 36.3 Å². The van der Waals surface area contributed by atoms with E-state index in [1.165, 1.54) is 6.26 Å². The Morgan fingerprint density at radius 1 is 1.62 bits per heavy atom. The summed E-state index contributed by atoms with van der Waals surface area (Å²) in [5, 5.41) is 2.78. The highest BCUT2D eigenvalue weighted by molar-refractivity contribution is 5.96. The quantitative estimate of drug-likeness (QED) is 0.697. The van der Waals surface area contributed by atoms with E-state index in [4.69, 9.17) is 4.74 Å². The van der Waals surface area contributed by atoms with Gasteiger partial charge < -0.3 is 10.1 Å². The highest BCUT2D eigenvalue weighted by Crippen LogP contribution is 2.11. The molecule has 3 heteroatoms. The molecule has 0 bridgehead atoms. The summed E-state index contributed by atoms with van der Waals surface area (Å²) in [5.41, 5.74) is 0.574. The number of carbonyl (C=O) groups is 1. The summed E-state index contributed by atoms with van der Waals surface area (Å²) in [6.07, 6.45) is 4.68. The van der Waals surface area contributed by atoms with E-state index in [0.29, 0.717) is 11.3 Å². The van der Waals surface area contributed by atoms with Gasteiger partial charge >= 0.3 is 0 Å². The highest BCUT2D eigenvalue weighted by atomic mass is 16.5. The minimum Gasteiger partial charge on any atom is -0.466 e. The van der Waals surface area contributed by atoms with E-state index in [2.05, 4.69) is 11.9 Å². The maximum atomic E-state index is 11.4. The summed E-state index contributed by atoms with van der Waals surface area (Å²) in [4.78, 5) is 11.4. The first kappa shape index (κ1) is 9.58. The molecule has 0 radical (unpaired) electrons. The molecule has 0 aliphatic carbocycles. The van der Waals surface area contributed by atoms with Gasteiger partial charge in [0.1, 0.15) is 5.76 Å². The maximum Gasteiger partial charge on any atom is 0.251 e. The van der Waals surface area contributed by atoms with Crippen LogP contribution in [-0.4, -0.2) is 11.9 Å². The Labute approximate surface area is 77.8 Å². The van der Waals surface area contributed by atoms with E-state index in [1.54, 1.807) is 12.2 Å². The third-order valence-electron chi connectivity index (χ3n) is 1.47. The Kier molecular flexibility index (Phi) is 2.90. The van der Waals surface area contributed by atoms with Crippen LogP contribution in [0.1, 0.15) is 13.8 Å². The Bertz CT molecular complexity index is 287. The molecule has 3 nitrogen and oxygen atoms in total. The number of allylic oxidation sites excluding steroid dienone is 1. The predicted octanol–water partition coefficient (Wildman–Crippen LogP) is 1.49. The van der Waals surface area contributed by atoms with Crippen molar-refractivity contribution in [3.8, 4) is 0 Å². The first-order chi connectivity index (χ1) is 6.09. The Hall–Kier alpha value is -1.51. The van der Waals surface area contributed by atoms with Crippen molar-refractivity contribution in [2.75, 3.05) is 0 Å². The molecular weight excluding hydrogens is 166 g/mol. The summed E-state index contributed by atoms with van der Waals surface area (Å²) in [6.45, 7) is 7.42. The smallest absolute Gasteiger partial charge is 0.251 e. The molecule has 1 rings (SSSR count). The molecule has 1 aliphatic heterocycles. The number of amides is 1. The maximum absolute atomic E-state index is 11.4. The van der Waals surface area contributed by atoms with Crippen LogP contribution in [0.2, 0.25) is 0 Å². The fourth-order valence-electron chi connectivity index (χ4n) is 0.937. The van der Waals surface area contributed by atoms with Crippen LogP contribution < -0.4 is 5.32 Å². The fourth-order valence-corrected chi connectivity index (χ4v) is 0.937. The monoisotopic (exact) mass is 179 g/mol. The van der Waals surface area contributed by atoms with Crippen LogP contribution in [-0.2, 0) is 9.53 Å². The first-order valence-corrected chi connectivity index (χ1v) is 4.14. The lowest BCUT2D eigenvalue weighted by molar-refractivity contribution is -0.117. The predicted molar refractivity (Wildman–Crippen MR) is 50.7 cm³/mol. The van der Waals surface area contributed by atoms with Gasteiger partial charge in [-0.1, -0.05) is 6.58 Å². The molecule has 0 fully saturated rings. The standard InChI is InChI=1S/C10H13NO2/c1-7(2)11-10(12)9-4-5-13-8(3)6-9/h4-7H,3H2,1-2H3,(H,11,12). The molecule has 1 amide bonds. The molecule has 0 unspecified atom stereocenters. The summed E-state index contributed by atoms with van der Waals surface area (Å²) < 4.78 is 4.93. The van der Waals surface area contributed by atoms with E-state index >= 15 is 0 Å². The zero-order chi connectivity index (χ0) is 9.84. The molecule has 0 aromatic heterocycles. The number of nitrogens with one attached hydrogen (secondary N) is 1. The summed E-state index contributed by atoms with van der Waals surface area (Å²) >= 11 is 0. The van der Waals surface area contributed by atoms with E-state index < -0.39 is 0 Å². The molecule has 1 heterocycles. The van der Waals surface area contributed by atoms with Gasteiger partial charge in [-0.25, -0.2) is 0 Å². The van der Waals surface area contributed by atoms with Crippen molar-refractivity contribution in [1.82, 2.24) is 5.32 Å². The highest BCUT2D eigenvalue weighted by Gasteiger charge is 2.10. The Balaban J connectivity index is 2.66. The van der Waals surface area contributed by atoms with Crippen molar-refractivity contribution in [1.29, 1.82) is 0 Å². The molecule has 1 N–H and O–H groups in total. The van der Waals surface area contributed by atoms with Crippen molar-refractivity contribution in [3.05, 3.63) is 36.3 Å². The summed E-state index contributed by atoms with van der Waals surface area (Å²) in [5.74, 6) is 0.382. The van der Waals surface area contributed by atoms with Gasteiger partial charge in [-0.15, -0.1) is 0 Å². The van der Waals surface area contributed by atoms with Crippen molar-refractivity contribution < 1.29 is 9.53 Å². The molecule has 70 valence electrons. The molecule has 13 heavy (non-hydrogen) atoms. The van der Waals surface area contributed by atoms with E-state index in [-0.39, 0.29) is 11.9 Å². The van der Waals surface area contributed by atoms with Crippen LogP contribution in [0.5, 0.6) is 0 Å². The third kappa shape index (κ3) is 2.78. The van der Waals surface area contributed by atoms with Gasteiger partial charge in [-0.3, -0.25) is 4.79 Å². The van der Waals surface area contributed by atoms with Crippen LogP contribution >= 0.6 is 0 Å². The van der Waals surface area contributed by atoms with Gasteiger partial charge in [0.25, 0.3) is 5.91 Å². The first-order valence-electron chi connectivity index (χ1n) is 4.14. The number of hydrogen-bond acceptors (Lipinski definition) is 2. The second-order valence-corrected chi connectivity index (χ2v) is 3.11. The van der Waals surface area contributed by atoms with Crippen LogP contribution in [0.3, 0.4) is 0 Å². The largest absolute Gasteiger partial charge is 0.466 e. The van der Waals surface area contributed by atoms with Crippen molar-refractivity contribution in [2.24, 2.45) is 0 Å². The lowest BCUT2D eigenvalue weighted by Gasteiger charge is -2.11. The zero-order valence-electron chi connectivity index (χ0n) is 7.83. The average molecular weight is 179 g/mol. The van der Waals surface area contributed by atoms with Gasteiger partial charge in [0.15, 0.2) is 0 Å². The normalized spacial score (nSPS) is 15.3. The van der Waals surface area contributed by atoms with Gasteiger partial charge in [0.2, 0.25) is 0 Å². The van der Waals surface area contributed by atoms with Gasteiger partial charge in [-0.05, 0) is 26.0 Å². The Morgan fingerprint density at radius 2 is 2.31 bits per heavy atom. The van der Waals surface area contributed by atoms with E-state index in [0.717, 1.165) is 0 Å². The van der Waals surface area contributed by atoms with Crippen molar-refractivity contribution >= 4 is 5.91 Å². The fraction of sp³-hybridized carbons (Fsp3) is 0.300. The van der Waals surface area contributed by atoms with Crippen LogP contribution in [0.4, 0.5) is 0 Å². The lowest BCUT2D eigenvalue weighted by atomic mass is 10.2. The molecule has 1 aliphatic rings. The number of ether oxygens (including phenoxy) is 1. The summed E-state index contributed by atoms with van der Waals surface area (Å²) in [6, 6.07) is 0.137. The molecular formula is C10H13NO2. The minimum atomic E-state index is -0.101. The lowest BCUT2D eigenvalue weighted by Crippen LogP contribution is -2.31. The Morgan fingerprint density at radius 3 is 2.85 bits per heavy atom. The molecule has 0 saturated carbocycles. The number of hydrogen-bond donors (Lipinski definition) is 1. The van der Waals surface area contributed by atoms with E-state index in [1.807, 2.05) is 13.8 Å². The van der Waals surface area contributed by atoms with Gasteiger partial charge in [0.05, 0.1) is 6.26 Å². The molecule has 0 atom stereocenters. The second-order valence-electron chi connectivity index (χ2n) is 3.11. The number of rotatable bonds is 2. The topological polar surface area (TPSA) is 38.3 Å². The SMILES string of the molecule is C=C1C=C(C(=O)NC(C)C)C=CO1. The van der Waals surface area contributed by atoms with Gasteiger partial charge in [-0.2, -0.15) is 0 Å². The number of carbonyl (C=O) groups excluding carboxylic acids is 1. The van der Waals surface area contributed by atoms with Crippen molar-refractivity contribution in [2.45, 2.75) is 19.9 Å². The molecule has 0 spiro atoms. The van der Waals surface area contributed by atoms with Gasteiger partial charge in [0, 0.05) is 11.6 Å². The summed E-state index contributed by atoms with van der Waals surface area (Å²) in [7, 11) is 0.